The molecule has 0 aliphatic rings. The zero-order chi connectivity index (χ0) is 9.10. The maximum atomic E-state index is 5.42. The normalized spacial score (nSPS) is 10.2. The fourth-order valence-corrected chi connectivity index (χ4v) is 2.43. The Morgan fingerprint density at radius 2 is 2.23 bits per heavy atom. The molecule has 2 aromatic rings. The standard InChI is InChI=1S/C8H7N3S2/c9-6-4-11-7(5-10-6)13-8-2-1-3-12-8/h1-5H,(H2,9,10). The number of nitrogens with two attached hydrogens (primary N) is 1. The summed E-state index contributed by atoms with van der Waals surface area (Å²) in [5.41, 5.74) is 5.42. The zero-order valence-corrected chi connectivity index (χ0v) is 8.31. The van der Waals surface area contributed by atoms with E-state index >= 15 is 0 Å². The molecular weight excluding hydrogens is 202 g/mol. The van der Waals surface area contributed by atoms with Crippen LogP contribution < -0.4 is 5.73 Å². The lowest BCUT2D eigenvalue weighted by Crippen LogP contribution is -1.90. The van der Waals surface area contributed by atoms with Gasteiger partial charge in [-0.15, -0.1) is 11.3 Å². The summed E-state index contributed by atoms with van der Waals surface area (Å²) in [5.74, 6) is 0.454. The van der Waals surface area contributed by atoms with Crippen LogP contribution in [0.3, 0.4) is 0 Å². The van der Waals surface area contributed by atoms with Crippen molar-refractivity contribution >= 4 is 28.9 Å². The summed E-state index contributed by atoms with van der Waals surface area (Å²) in [4.78, 5) is 8.09. The van der Waals surface area contributed by atoms with Crippen LogP contribution in [-0.4, -0.2) is 9.97 Å². The molecule has 0 aliphatic heterocycles. The summed E-state index contributed by atoms with van der Waals surface area (Å²) in [7, 11) is 0. The molecule has 0 unspecified atom stereocenters. The molecule has 0 bridgehead atoms. The van der Waals surface area contributed by atoms with E-state index in [1.807, 2.05) is 17.5 Å². The van der Waals surface area contributed by atoms with Gasteiger partial charge in [0.2, 0.25) is 0 Å². The van der Waals surface area contributed by atoms with E-state index in [0.29, 0.717) is 5.82 Å². The summed E-state index contributed by atoms with van der Waals surface area (Å²) < 4.78 is 1.21. The number of rotatable bonds is 2. The number of thiophene rings is 1. The minimum absolute atomic E-state index is 0.454. The second-order valence-corrected chi connectivity index (χ2v) is 4.58. The van der Waals surface area contributed by atoms with Gasteiger partial charge >= 0.3 is 0 Å². The molecule has 0 fully saturated rings. The minimum Gasteiger partial charge on any atom is -0.382 e. The number of anilines is 1. The van der Waals surface area contributed by atoms with Crippen LogP contribution in [0.4, 0.5) is 5.82 Å². The van der Waals surface area contributed by atoms with Crippen molar-refractivity contribution in [2.45, 2.75) is 9.24 Å². The maximum Gasteiger partial charge on any atom is 0.141 e. The molecule has 0 amide bonds. The Bertz CT molecular complexity index is 369. The predicted molar refractivity (Wildman–Crippen MR) is 54.9 cm³/mol. The first-order valence-corrected chi connectivity index (χ1v) is 5.33. The van der Waals surface area contributed by atoms with Crippen molar-refractivity contribution in [1.29, 1.82) is 0 Å². The van der Waals surface area contributed by atoms with Crippen molar-refractivity contribution in [3.05, 3.63) is 29.9 Å². The van der Waals surface area contributed by atoms with E-state index in [4.69, 9.17) is 5.73 Å². The number of hydrogen-bond acceptors (Lipinski definition) is 5. The van der Waals surface area contributed by atoms with Crippen LogP contribution in [0.1, 0.15) is 0 Å². The molecule has 2 N–H and O–H groups in total. The van der Waals surface area contributed by atoms with Gasteiger partial charge in [0, 0.05) is 0 Å². The molecule has 2 heterocycles. The van der Waals surface area contributed by atoms with Gasteiger partial charge in [-0.1, -0.05) is 17.8 Å². The van der Waals surface area contributed by atoms with Crippen LogP contribution in [0, 0.1) is 0 Å². The predicted octanol–water partition coefficient (Wildman–Crippen LogP) is 2.27. The first-order chi connectivity index (χ1) is 6.34. The molecule has 3 nitrogen and oxygen atoms in total. The maximum absolute atomic E-state index is 5.42. The van der Waals surface area contributed by atoms with Crippen molar-refractivity contribution in [2.24, 2.45) is 0 Å². The molecule has 2 rings (SSSR count). The lowest BCUT2D eigenvalue weighted by atomic mass is 10.7. The van der Waals surface area contributed by atoms with E-state index in [0.717, 1.165) is 5.03 Å². The Morgan fingerprint density at radius 3 is 2.85 bits per heavy atom. The summed E-state index contributed by atoms with van der Waals surface area (Å²) >= 11 is 3.28. The molecule has 0 radical (unpaired) electrons. The van der Waals surface area contributed by atoms with E-state index in [9.17, 15) is 0 Å². The van der Waals surface area contributed by atoms with Crippen LogP contribution in [0.2, 0.25) is 0 Å². The van der Waals surface area contributed by atoms with Gasteiger partial charge in [0.15, 0.2) is 0 Å². The second-order valence-electron chi connectivity index (χ2n) is 2.31. The third-order valence-corrected chi connectivity index (χ3v) is 3.31. The second kappa shape index (κ2) is 3.76. The average Bonchev–Trinajstić information content (AvgIpc) is 2.62. The highest BCUT2D eigenvalue weighted by Crippen LogP contribution is 2.29. The lowest BCUT2D eigenvalue weighted by Gasteiger charge is -1.96. The topological polar surface area (TPSA) is 51.8 Å². The van der Waals surface area contributed by atoms with Gasteiger partial charge in [0.05, 0.1) is 16.6 Å². The van der Waals surface area contributed by atoms with Crippen LogP contribution in [-0.2, 0) is 0 Å². The molecule has 0 aromatic carbocycles. The number of nitrogen functional groups attached to an aromatic ring is 1. The van der Waals surface area contributed by atoms with E-state index in [-0.39, 0.29) is 0 Å². The van der Waals surface area contributed by atoms with Gasteiger partial charge in [-0.25, -0.2) is 9.97 Å². The summed E-state index contributed by atoms with van der Waals surface area (Å²) in [6.07, 6.45) is 3.25. The van der Waals surface area contributed by atoms with Gasteiger partial charge in [0.25, 0.3) is 0 Å². The first kappa shape index (κ1) is 8.52. The molecule has 66 valence electrons. The summed E-state index contributed by atoms with van der Waals surface area (Å²) in [6.45, 7) is 0. The van der Waals surface area contributed by atoms with Crippen molar-refractivity contribution in [3.8, 4) is 0 Å². The number of aromatic nitrogens is 2. The Kier molecular flexibility index (Phi) is 2.47. The van der Waals surface area contributed by atoms with Crippen molar-refractivity contribution < 1.29 is 0 Å². The zero-order valence-electron chi connectivity index (χ0n) is 6.68. The van der Waals surface area contributed by atoms with Gasteiger partial charge in [-0.3, -0.25) is 0 Å². The van der Waals surface area contributed by atoms with E-state index in [1.54, 1.807) is 35.5 Å². The van der Waals surface area contributed by atoms with Gasteiger partial charge in [-0.2, -0.15) is 0 Å². The van der Waals surface area contributed by atoms with Crippen molar-refractivity contribution in [3.63, 3.8) is 0 Å². The molecule has 5 heteroatoms. The Labute approximate surface area is 84.0 Å². The fourth-order valence-electron chi connectivity index (χ4n) is 0.804. The largest absolute Gasteiger partial charge is 0.382 e. The highest BCUT2D eigenvalue weighted by molar-refractivity contribution is 8.01. The highest BCUT2D eigenvalue weighted by atomic mass is 32.2. The number of nitrogens with zero attached hydrogens (tertiary/aromatic N) is 2. The van der Waals surface area contributed by atoms with E-state index in [2.05, 4.69) is 9.97 Å². The minimum atomic E-state index is 0.454. The molecule has 0 aliphatic carbocycles. The fraction of sp³-hybridized carbons (Fsp3) is 0. The first-order valence-electron chi connectivity index (χ1n) is 3.63. The van der Waals surface area contributed by atoms with Crippen molar-refractivity contribution in [1.82, 2.24) is 9.97 Å². The smallest absolute Gasteiger partial charge is 0.141 e. The lowest BCUT2D eigenvalue weighted by molar-refractivity contribution is 1.07. The molecule has 2 aromatic heterocycles. The molecule has 0 spiro atoms. The molecular formula is C8H7N3S2. The van der Waals surface area contributed by atoms with Gasteiger partial charge < -0.3 is 5.73 Å². The van der Waals surface area contributed by atoms with Gasteiger partial charge in [-0.05, 0) is 11.4 Å². The van der Waals surface area contributed by atoms with Crippen LogP contribution in [0.5, 0.6) is 0 Å². The molecule has 13 heavy (non-hydrogen) atoms. The third-order valence-electron chi connectivity index (χ3n) is 1.35. The number of hydrogen-bond donors (Lipinski definition) is 1. The average molecular weight is 209 g/mol. The van der Waals surface area contributed by atoms with Gasteiger partial charge in [0.1, 0.15) is 10.8 Å². The molecule has 0 atom stereocenters. The molecule has 0 saturated heterocycles. The van der Waals surface area contributed by atoms with Crippen LogP contribution in [0.25, 0.3) is 0 Å². The highest BCUT2D eigenvalue weighted by Gasteiger charge is 1.99. The molecule has 0 saturated carbocycles. The van der Waals surface area contributed by atoms with Crippen LogP contribution in [0.15, 0.2) is 39.1 Å². The monoisotopic (exact) mass is 209 g/mol. The third kappa shape index (κ3) is 2.19. The SMILES string of the molecule is Nc1cnc(Sc2cccs2)cn1. The summed E-state index contributed by atoms with van der Waals surface area (Å²) in [5, 5.41) is 2.91. The Morgan fingerprint density at radius 1 is 1.31 bits per heavy atom. The Balaban J connectivity index is 2.15. The summed E-state index contributed by atoms with van der Waals surface area (Å²) in [6, 6.07) is 4.06. The Hall–Kier alpha value is -1.07. The van der Waals surface area contributed by atoms with Crippen LogP contribution >= 0.6 is 23.1 Å². The van der Waals surface area contributed by atoms with E-state index in [1.165, 1.54) is 4.21 Å². The van der Waals surface area contributed by atoms with Crippen molar-refractivity contribution in [2.75, 3.05) is 5.73 Å². The van der Waals surface area contributed by atoms with E-state index < -0.39 is 0 Å². The quantitative estimate of drug-likeness (QED) is 0.824.